The van der Waals surface area contributed by atoms with Gasteiger partial charge in [-0.2, -0.15) is 0 Å². The zero-order valence-electron chi connectivity index (χ0n) is 20.8. The Balaban J connectivity index is 0.00000241. The molecule has 1 heterocycles. The van der Waals surface area contributed by atoms with Gasteiger partial charge in [-0.15, -0.1) is 24.8 Å². The van der Waals surface area contributed by atoms with Crippen molar-refractivity contribution < 1.29 is 14.9 Å². The third-order valence-electron chi connectivity index (χ3n) is 5.95. The summed E-state index contributed by atoms with van der Waals surface area (Å²) in [7, 11) is 3.80. The predicted molar refractivity (Wildman–Crippen MR) is 155 cm³/mol. The Morgan fingerprint density at radius 2 is 1.81 bits per heavy atom. The molecule has 200 valence electrons. The molecule has 3 aromatic carbocycles. The number of thiazole rings is 1. The second-order valence-corrected chi connectivity index (χ2v) is 9.65. The number of aromatic hydroxyl groups is 1. The molecule has 0 fully saturated rings. The molecule has 1 aromatic heterocycles. The highest BCUT2D eigenvalue weighted by Gasteiger charge is 2.16. The van der Waals surface area contributed by atoms with Gasteiger partial charge in [-0.1, -0.05) is 59.9 Å². The van der Waals surface area contributed by atoms with Crippen LogP contribution in [0.4, 0.5) is 0 Å². The monoisotopic (exact) mass is 565 g/mol. The maximum Gasteiger partial charge on any atom is 0.305 e. The fraction of sp³-hybridized carbons (Fsp3) is 0.296. The lowest BCUT2D eigenvalue weighted by Gasteiger charge is -2.19. The summed E-state index contributed by atoms with van der Waals surface area (Å²) in [6.07, 6.45) is 0.0544. The average molecular weight is 567 g/mol. The van der Waals surface area contributed by atoms with E-state index in [9.17, 15) is 15.0 Å². The van der Waals surface area contributed by atoms with Gasteiger partial charge in [0.05, 0.1) is 17.9 Å². The lowest BCUT2D eigenvalue weighted by atomic mass is 10.1. The number of aliphatic hydroxyl groups is 1. The van der Waals surface area contributed by atoms with Crippen molar-refractivity contribution in [2.45, 2.75) is 25.6 Å². The van der Waals surface area contributed by atoms with Crippen LogP contribution in [-0.4, -0.2) is 47.3 Å². The first kappa shape index (κ1) is 30.6. The summed E-state index contributed by atoms with van der Waals surface area (Å²) in [5, 5.41) is 23.9. The van der Waals surface area contributed by atoms with Crippen LogP contribution < -0.4 is 14.9 Å². The van der Waals surface area contributed by atoms with Crippen molar-refractivity contribution in [1.82, 2.24) is 15.2 Å². The molecular formula is C27H33Cl2N3O4S. The van der Waals surface area contributed by atoms with Gasteiger partial charge in [0.15, 0.2) is 0 Å². The van der Waals surface area contributed by atoms with Crippen molar-refractivity contribution in [2.75, 3.05) is 27.2 Å². The molecule has 0 saturated carbocycles. The number of phenols is 1. The van der Waals surface area contributed by atoms with Crippen LogP contribution >= 0.6 is 36.2 Å². The minimum Gasteiger partial charge on any atom is -0.506 e. The summed E-state index contributed by atoms with van der Waals surface area (Å²) in [6.45, 7) is 2.69. The van der Waals surface area contributed by atoms with Crippen LogP contribution in [0, 0.1) is 0 Å². The maximum atomic E-state index is 11.7. The molecule has 37 heavy (non-hydrogen) atoms. The van der Waals surface area contributed by atoms with Gasteiger partial charge in [0.25, 0.3) is 0 Å². The molecule has 0 spiro atoms. The van der Waals surface area contributed by atoms with Gasteiger partial charge in [-0.3, -0.25) is 9.69 Å². The van der Waals surface area contributed by atoms with Crippen LogP contribution in [-0.2, 0) is 19.5 Å². The van der Waals surface area contributed by atoms with Gasteiger partial charge in [0, 0.05) is 30.8 Å². The number of H-pyrrole nitrogens is 1. The number of aromatic nitrogens is 1. The zero-order chi connectivity index (χ0) is 24.8. The number of hydrogen-bond acceptors (Lipinski definition) is 7. The maximum absolute atomic E-state index is 11.7. The van der Waals surface area contributed by atoms with E-state index < -0.39 is 6.10 Å². The van der Waals surface area contributed by atoms with E-state index >= 15 is 0 Å². The molecule has 0 amide bonds. The number of para-hydroxylation sites is 1. The Morgan fingerprint density at radius 3 is 2.59 bits per heavy atom. The first-order valence-electron chi connectivity index (χ1n) is 11.6. The number of halogens is 2. The standard InChI is InChI=1S/C27H31N3O4S.2ClH/c1-30(17-20-8-3-4-9-24(20)34-2)16-19-7-5-6-18(14-19)12-13-28-15-23(32)21-10-11-22(31)25-26(21)35-27(33)29-25;;/h3-11,14,23,28,31-32H,12-13,15-17H2,1-2H3,(H,29,33);2*1H/t23-;;/m0../s1. The molecule has 4 rings (SSSR count). The van der Waals surface area contributed by atoms with Crippen LogP contribution in [0.3, 0.4) is 0 Å². The lowest BCUT2D eigenvalue weighted by molar-refractivity contribution is 0.176. The summed E-state index contributed by atoms with van der Waals surface area (Å²) in [5.74, 6) is 0.913. The number of hydrogen-bond donors (Lipinski definition) is 4. The quantitative estimate of drug-likeness (QED) is 0.198. The number of benzene rings is 3. The normalized spacial score (nSPS) is 11.7. The summed E-state index contributed by atoms with van der Waals surface area (Å²) in [5.41, 5.74) is 4.65. The number of rotatable bonds is 11. The Morgan fingerprint density at radius 1 is 1.05 bits per heavy atom. The number of ether oxygens (including phenoxy) is 1. The lowest BCUT2D eigenvalue weighted by Crippen LogP contribution is -2.24. The highest BCUT2D eigenvalue weighted by atomic mass is 35.5. The molecule has 7 nitrogen and oxygen atoms in total. The van der Waals surface area contributed by atoms with Crippen molar-refractivity contribution >= 4 is 46.4 Å². The predicted octanol–water partition coefficient (Wildman–Crippen LogP) is 4.65. The summed E-state index contributed by atoms with van der Waals surface area (Å²) >= 11 is 0.996. The van der Waals surface area contributed by atoms with E-state index in [0.29, 0.717) is 28.9 Å². The molecule has 0 unspecified atom stereocenters. The number of nitrogens with zero attached hydrogens (tertiary/aromatic N) is 1. The molecule has 0 saturated heterocycles. The second kappa shape index (κ2) is 14.4. The van der Waals surface area contributed by atoms with Gasteiger partial charge < -0.3 is 25.3 Å². The average Bonchev–Trinajstić information content (AvgIpc) is 3.24. The van der Waals surface area contributed by atoms with Gasteiger partial charge in [0.2, 0.25) is 0 Å². The Kier molecular flexibility index (Phi) is 11.9. The number of aliphatic hydroxyl groups excluding tert-OH is 1. The fourth-order valence-corrected chi connectivity index (χ4v) is 5.18. The van der Waals surface area contributed by atoms with Crippen molar-refractivity contribution in [3.63, 3.8) is 0 Å². The van der Waals surface area contributed by atoms with E-state index in [-0.39, 0.29) is 35.4 Å². The van der Waals surface area contributed by atoms with Gasteiger partial charge >= 0.3 is 4.87 Å². The molecule has 0 aliphatic heterocycles. The minimum absolute atomic E-state index is 0. The number of nitrogens with one attached hydrogen (secondary N) is 2. The first-order chi connectivity index (χ1) is 16.9. The van der Waals surface area contributed by atoms with Gasteiger partial charge in [-0.25, -0.2) is 0 Å². The topological polar surface area (TPSA) is 97.8 Å². The Labute approximate surface area is 232 Å². The Hall–Kier alpha value is -2.59. The summed E-state index contributed by atoms with van der Waals surface area (Å²) < 4.78 is 6.06. The third kappa shape index (κ3) is 7.95. The van der Waals surface area contributed by atoms with Crippen molar-refractivity contribution in [3.8, 4) is 11.5 Å². The minimum atomic E-state index is -0.778. The summed E-state index contributed by atoms with van der Waals surface area (Å²) in [4.78, 5) is 16.3. The van der Waals surface area contributed by atoms with Crippen LogP contribution in [0.1, 0.15) is 28.4 Å². The molecular weight excluding hydrogens is 533 g/mol. The van der Waals surface area contributed by atoms with Gasteiger partial charge in [0.1, 0.15) is 17.0 Å². The van der Waals surface area contributed by atoms with Crippen LogP contribution in [0.15, 0.2) is 65.5 Å². The molecule has 4 aromatic rings. The van der Waals surface area contributed by atoms with Crippen LogP contribution in [0.2, 0.25) is 0 Å². The largest absolute Gasteiger partial charge is 0.506 e. The van der Waals surface area contributed by atoms with Crippen LogP contribution in [0.5, 0.6) is 11.5 Å². The first-order valence-corrected chi connectivity index (χ1v) is 12.4. The zero-order valence-corrected chi connectivity index (χ0v) is 23.2. The molecule has 0 bridgehead atoms. The molecule has 1 atom stereocenters. The van der Waals surface area contributed by atoms with Crippen molar-refractivity contribution in [2.24, 2.45) is 0 Å². The van der Waals surface area contributed by atoms with Crippen molar-refractivity contribution in [3.05, 3.63) is 92.6 Å². The summed E-state index contributed by atoms with van der Waals surface area (Å²) in [6, 6.07) is 19.8. The smallest absolute Gasteiger partial charge is 0.305 e. The second-order valence-electron chi connectivity index (χ2n) is 8.67. The van der Waals surface area contributed by atoms with Crippen LogP contribution in [0.25, 0.3) is 10.2 Å². The number of methoxy groups -OCH3 is 1. The van der Waals surface area contributed by atoms with Crippen molar-refractivity contribution in [1.29, 1.82) is 0 Å². The third-order valence-corrected chi connectivity index (χ3v) is 6.88. The van der Waals surface area contributed by atoms with Gasteiger partial charge in [-0.05, 0) is 43.3 Å². The van der Waals surface area contributed by atoms with E-state index in [4.69, 9.17) is 4.74 Å². The van der Waals surface area contributed by atoms with E-state index in [1.165, 1.54) is 17.2 Å². The SMILES string of the molecule is COc1ccccc1CN(C)Cc1cccc(CCNC[C@H](O)c2ccc(O)c3[nH]c(=O)sc23)c1.Cl.Cl. The fourth-order valence-electron chi connectivity index (χ4n) is 4.26. The van der Waals surface area contributed by atoms with E-state index in [2.05, 4.69) is 52.6 Å². The molecule has 0 aliphatic carbocycles. The number of fused-ring (bicyclic) bond motifs is 1. The van der Waals surface area contributed by atoms with E-state index in [0.717, 1.165) is 42.2 Å². The van der Waals surface area contributed by atoms with E-state index in [1.54, 1.807) is 13.2 Å². The number of aromatic amines is 1. The highest BCUT2D eigenvalue weighted by Crippen LogP contribution is 2.31. The molecule has 0 radical (unpaired) electrons. The van der Waals surface area contributed by atoms with E-state index in [1.807, 2.05) is 18.2 Å². The Bertz CT molecular complexity index is 1340. The molecule has 4 N–H and O–H groups in total. The molecule has 0 aliphatic rings. The number of phenolic OH excluding ortho intramolecular Hbond substituents is 1. The molecule has 10 heteroatoms. The highest BCUT2D eigenvalue weighted by molar-refractivity contribution is 7.16.